The number of primary amides is 1. The Morgan fingerprint density at radius 1 is 0.917 bits per heavy atom. The molecule has 0 radical (unpaired) electrons. The Morgan fingerprint density at radius 3 is 2.06 bits per heavy atom. The normalized spacial score (nSPS) is 35.5. The number of urea groups is 1. The Balaban J connectivity index is 1.15. The molecule has 3 N–H and O–H groups in total. The smallest absolute Gasteiger partial charge is 0.322 e. The molecule has 4 amide bonds. The molecule has 1 aromatic rings. The van der Waals surface area contributed by atoms with E-state index in [2.05, 4.69) is 19.2 Å². The van der Waals surface area contributed by atoms with E-state index in [1.165, 1.54) is 19.3 Å². The summed E-state index contributed by atoms with van der Waals surface area (Å²) in [5, 5.41) is 3.57. The maximum absolute atomic E-state index is 13.8. The average Bonchev–Trinajstić information content (AvgIpc) is 3.61. The number of rotatable bonds is 5. The van der Waals surface area contributed by atoms with Crippen molar-refractivity contribution in [1.82, 2.24) is 10.2 Å². The summed E-state index contributed by atoms with van der Waals surface area (Å²) in [6.07, 6.45) is 10.5. The van der Waals surface area contributed by atoms with Crippen LogP contribution in [0, 0.1) is 22.7 Å². The standard InChI is InChI=1S/C29H40N4O3/c1-27-13-19-14-28(2,16-27)18-29(15-19,17-27)31-26(36)33(23-7-8-23)22-5-3-21(4-6-22)25(35)32-11-9-20(10-12-32)24(30)34/h3-6,19-20,23H,7-18H2,1-2H3,(H2,30,34)(H,31,36). The van der Waals surface area contributed by atoms with Crippen LogP contribution in [0.15, 0.2) is 24.3 Å². The van der Waals surface area contributed by atoms with Gasteiger partial charge in [0, 0.05) is 41.8 Å². The zero-order chi connectivity index (χ0) is 25.3. The first-order valence-corrected chi connectivity index (χ1v) is 13.9. The third kappa shape index (κ3) is 4.28. The first kappa shape index (κ1) is 23.8. The number of carbonyl (C=O) groups is 3. The van der Waals surface area contributed by atoms with Crippen molar-refractivity contribution in [2.24, 2.45) is 28.4 Å². The highest BCUT2D eigenvalue weighted by Gasteiger charge is 2.61. The Bertz CT molecular complexity index is 1050. The maximum atomic E-state index is 13.8. The highest BCUT2D eigenvalue weighted by Crippen LogP contribution is 2.66. The third-order valence-electron chi connectivity index (χ3n) is 9.71. The van der Waals surface area contributed by atoms with E-state index in [0.29, 0.717) is 42.3 Å². The number of amides is 4. The van der Waals surface area contributed by atoms with Crippen LogP contribution in [0.1, 0.15) is 88.4 Å². The molecule has 7 heteroatoms. The summed E-state index contributed by atoms with van der Waals surface area (Å²) < 4.78 is 0. The SMILES string of the molecule is CC12CC3CC(C)(C1)CC(NC(=O)N(c1ccc(C(=O)N4CCC(C(N)=O)CC4)cc1)C1CC1)(C3)C2. The fourth-order valence-electron chi connectivity index (χ4n) is 9.02. The molecule has 1 saturated heterocycles. The molecule has 4 bridgehead atoms. The second-order valence-electron chi connectivity index (χ2n) is 13.5. The summed E-state index contributed by atoms with van der Waals surface area (Å²) in [6.45, 7) is 5.96. The summed E-state index contributed by atoms with van der Waals surface area (Å²) in [5.41, 5.74) is 7.52. The van der Waals surface area contributed by atoms with Crippen molar-refractivity contribution >= 4 is 23.5 Å². The molecule has 6 aliphatic rings. The minimum atomic E-state index is -0.276. The van der Waals surface area contributed by atoms with Crippen LogP contribution in [0.2, 0.25) is 0 Å². The first-order chi connectivity index (χ1) is 17.1. The van der Waals surface area contributed by atoms with Gasteiger partial charge in [0.05, 0.1) is 0 Å². The van der Waals surface area contributed by atoms with Crippen LogP contribution >= 0.6 is 0 Å². The molecule has 5 aliphatic carbocycles. The van der Waals surface area contributed by atoms with Crippen molar-refractivity contribution in [2.75, 3.05) is 18.0 Å². The lowest BCUT2D eigenvalue weighted by atomic mass is 9.43. The van der Waals surface area contributed by atoms with E-state index in [1.807, 2.05) is 29.2 Å². The molecule has 7 rings (SSSR count). The molecule has 1 heterocycles. The van der Waals surface area contributed by atoms with E-state index in [9.17, 15) is 14.4 Å². The number of hydrogen-bond donors (Lipinski definition) is 2. The van der Waals surface area contributed by atoms with E-state index in [1.54, 1.807) is 4.90 Å². The summed E-state index contributed by atoms with van der Waals surface area (Å²) in [6, 6.07) is 7.78. The summed E-state index contributed by atoms with van der Waals surface area (Å²) in [4.78, 5) is 42.0. The number of carbonyl (C=O) groups excluding carboxylic acids is 3. The second-order valence-corrected chi connectivity index (χ2v) is 13.5. The number of nitrogens with two attached hydrogens (primary N) is 1. The van der Waals surface area contributed by atoms with Crippen LogP contribution in [-0.2, 0) is 4.79 Å². The molecule has 1 aromatic carbocycles. The van der Waals surface area contributed by atoms with Crippen LogP contribution in [-0.4, -0.2) is 47.4 Å². The highest BCUT2D eigenvalue weighted by molar-refractivity contribution is 5.97. The molecular weight excluding hydrogens is 452 g/mol. The van der Waals surface area contributed by atoms with Crippen molar-refractivity contribution < 1.29 is 14.4 Å². The van der Waals surface area contributed by atoms with Crippen molar-refractivity contribution in [3.8, 4) is 0 Å². The topological polar surface area (TPSA) is 95.7 Å². The molecule has 0 spiro atoms. The maximum Gasteiger partial charge on any atom is 0.322 e. The van der Waals surface area contributed by atoms with Crippen LogP contribution in [0.4, 0.5) is 10.5 Å². The van der Waals surface area contributed by atoms with Gasteiger partial charge in [0.25, 0.3) is 5.91 Å². The lowest BCUT2D eigenvalue weighted by Crippen LogP contribution is -2.66. The quantitative estimate of drug-likeness (QED) is 0.636. The molecule has 6 fully saturated rings. The Kier molecular flexibility index (Phi) is 5.44. The molecule has 2 unspecified atom stereocenters. The zero-order valence-corrected chi connectivity index (χ0v) is 21.7. The summed E-state index contributed by atoms with van der Waals surface area (Å²) >= 11 is 0. The molecule has 5 saturated carbocycles. The molecule has 36 heavy (non-hydrogen) atoms. The average molecular weight is 493 g/mol. The fraction of sp³-hybridized carbons (Fsp3) is 0.690. The lowest BCUT2D eigenvalue weighted by Gasteiger charge is -2.65. The van der Waals surface area contributed by atoms with Gasteiger partial charge >= 0.3 is 6.03 Å². The van der Waals surface area contributed by atoms with Crippen molar-refractivity contribution in [3.63, 3.8) is 0 Å². The van der Waals surface area contributed by atoms with E-state index in [-0.39, 0.29) is 35.3 Å². The third-order valence-corrected chi connectivity index (χ3v) is 9.71. The number of piperidine rings is 1. The van der Waals surface area contributed by atoms with Gasteiger partial charge in [0.1, 0.15) is 0 Å². The van der Waals surface area contributed by atoms with Gasteiger partial charge < -0.3 is 16.0 Å². The largest absolute Gasteiger partial charge is 0.369 e. The first-order valence-electron chi connectivity index (χ1n) is 13.9. The van der Waals surface area contributed by atoms with E-state index in [0.717, 1.165) is 43.7 Å². The van der Waals surface area contributed by atoms with E-state index >= 15 is 0 Å². The van der Waals surface area contributed by atoms with Crippen molar-refractivity contribution in [3.05, 3.63) is 29.8 Å². The summed E-state index contributed by atoms with van der Waals surface area (Å²) in [7, 11) is 0. The van der Waals surface area contributed by atoms with Gasteiger partial charge in [-0.2, -0.15) is 0 Å². The van der Waals surface area contributed by atoms with Gasteiger partial charge in [-0.15, -0.1) is 0 Å². The van der Waals surface area contributed by atoms with Gasteiger partial charge in [0.2, 0.25) is 5.91 Å². The Labute approximate surface area is 214 Å². The van der Waals surface area contributed by atoms with E-state index in [4.69, 9.17) is 5.73 Å². The number of nitrogens with one attached hydrogen (secondary N) is 1. The van der Waals surface area contributed by atoms with Crippen LogP contribution in [0.5, 0.6) is 0 Å². The Morgan fingerprint density at radius 2 is 1.53 bits per heavy atom. The monoisotopic (exact) mass is 492 g/mol. The van der Waals surface area contributed by atoms with Gasteiger partial charge in [-0.1, -0.05) is 13.8 Å². The molecular formula is C29H40N4O3. The fourth-order valence-corrected chi connectivity index (χ4v) is 9.02. The van der Waals surface area contributed by atoms with Crippen LogP contribution in [0.25, 0.3) is 0 Å². The predicted molar refractivity (Wildman–Crippen MR) is 138 cm³/mol. The minimum Gasteiger partial charge on any atom is -0.369 e. The number of anilines is 1. The number of benzene rings is 1. The van der Waals surface area contributed by atoms with Gasteiger partial charge in [-0.25, -0.2) is 4.79 Å². The molecule has 2 atom stereocenters. The van der Waals surface area contributed by atoms with Crippen LogP contribution in [0.3, 0.4) is 0 Å². The number of hydrogen-bond acceptors (Lipinski definition) is 3. The second kappa shape index (κ2) is 8.22. The Hall–Kier alpha value is -2.57. The summed E-state index contributed by atoms with van der Waals surface area (Å²) in [5.74, 6) is 0.286. The van der Waals surface area contributed by atoms with E-state index < -0.39 is 0 Å². The number of likely N-dealkylation sites (tertiary alicyclic amines) is 1. The highest BCUT2D eigenvalue weighted by atomic mass is 16.2. The van der Waals surface area contributed by atoms with Gasteiger partial charge in [0.15, 0.2) is 0 Å². The molecule has 194 valence electrons. The molecule has 7 nitrogen and oxygen atoms in total. The van der Waals surface area contributed by atoms with Crippen molar-refractivity contribution in [1.29, 1.82) is 0 Å². The zero-order valence-electron chi connectivity index (χ0n) is 21.7. The molecule has 1 aliphatic heterocycles. The van der Waals surface area contributed by atoms with Crippen LogP contribution < -0.4 is 16.0 Å². The molecule has 0 aromatic heterocycles. The predicted octanol–water partition coefficient (Wildman–Crippen LogP) is 4.45. The number of nitrogens with zero attached hydrogens (tertiary/aromatic N) is 2. The van der Waals surface area contributed by atoms with Crippen molar-refractivity contribution in [2.45, 2.75) is 89.6 Å². The minimum absolute atomic E-state index is 0.0260. The lowest BCUT2D eigenvalue weighted by molar-refractivity contribution is -0.123. The van der Waals surface area contributed by atoms with Gasteiger partial charge in [-0.05, 0) is 105 Å². The van der Waals surface area contributed by atoms with Gasteiger partial charge in [-0.3, -0.25) is 14.5 Å².